The molecule has 1 heterocycles. The second kappa shape index (κ2) is 6.39. The third kappa shape index (κ3) is 2.69. The molecular weight excluding hydrogens is 350 g/mol. The smallest absolute Gasteiger partial charge is 0.275 e. The van der Waals surface area contributed by atoms with Crippen molar-refractivity contribution >= 4 is 17.1 Å². The Kier molecular flexibility index (Phi) is 4.02. The van der Waals surface area contributed by atoms with Crippen LogP contribution < -0.4 is 10.1 Å². The molecule has 0 fully saturated rings. The lowest BCUT2D eigenvalue weighted by Crippen LogP contribution is -2.30. The second-order valence-electron chi connectivity index (χ2n) is 6.66. The fourth-order valence-electron chi connectivity index (χ4n) is 4.15. The predicted molar refractivity (Wildman–Crippen MR) is 99.1 cm³/mol. The lowest BCUT2D eigenvalue weighted by Gasteiger charge is -2.37. The maximum atomic E-state index is 11.6. The topological polar surface area (TPSA) is 108 Å². The van der Waals surface area contributed by atoms with E-state index in [0.717, 1.165) is 12.0 Å². The molecule has 2 aromatic carbocycles. The maximum Gasteiger partial charge on any atom is 0.275 e. The number of ether oxygens (including phenoxy) is 1. The summed E-state index contributed by atoms with van der Waals surface area (Å²) in [6.07, 6.45) is 4.74. The van der Waals surface area contributed by atoms with Crippen LogP contribution in [0.15, 0.2) is 48.6 Å². The van der Waals surface area contributed by atoms with Crippen LogP contribution in [0.25, 0.3) is 0 Å². The van der Waals surface area contributed by atoms with Gasteiger partial charge in [0.15, 0.2) is 0 Å². The number of methoxy groups -OCH3 is 1. The Morgan fingerprint density at radius 1 is 1.15 bits per heavy atom. The van der Waals surface area contributed by atoms with Gasteiger partial charge in [0.2, 0.25) is 0 Å². The molecule has 2 aliphatic rings. The minimum absolute atomic E-state index is 0.0219. The molecule has 8 nitrogen and oxygen atoms in total. The van der Waals surface area contributed by atoms with E-state index in [0.29, 0.717) is 17.0 Å². The number of anilines is 1. The molecule has 2 aromatic rings. The Labute approximate surface area is 154 Å². The first-order valence-corrected chi connectivity index (χ1v) is 8.54. The first kappa shape index (κ1) is 17.0. The van der Waals surface area contributed by atoms with Crippen molar-refractivity contribution in [1.29, 1.82) is 0 Å². The average molecular weight is 367 g/mol. The Bertz CT molecular complexity index is 972. The van der Waals surface area contributed by atoms with E-state index in [1.54, 1.807) is 18.2 Å². The third-order valence-electron chi connectivity index (χ3n) is 5.32. The van der Waals surface area contributed by atoms with Crippen LogP contribution in [0.5, 0.6) is 5.75 Å². The van der Waals surface area contributed by atoms with Crippen molar-refractivity contribution in [2.75, 3.05) is 12.4 Å². The molecule has 27 heavy (non-hydrogen) atoms. The Hall–Kier alpha value is -3.42. The summed E-state index contributed by atoms with van der Waals surface area (Å²) in [6.45, 7) is 0. The summed E-state index contributed by atoms with van der Waals surface area (Å²) in [5.74, 6) is 0.399. The van der Waals surface area contributed by atoms with Crippen LogP contribution in [-0.4, -0.2) is 17.0 Å². The molecule has 4 rings (SSSR count). The van der Waals surface area contributed by atoms with Crippen LogP contribution in [0.2, 0.25) is 0 Å². The SMILES string of the molecule is COc1ccc([N+](=O)[O-])c2c1N[C@H](c1cccc([N+](=O)[O-])c1)[C@H]1CC=C[C@H]21. The molecule has 3 atom stereocenters. The van der Waals surface area contributed by atoms with Crippen LogP contribution in [0, 0.1) is 26.1 Å². The highest BCUT2D eigenvalue weighted by atomic mass is 16.6. The molecule has 0 spiro atoms. The zero-order chi connectivity index (χ0) is 19.1. The highest BCUT2D eigenvalue weighted by Gasteiger charge is 2.43. The predicted octanol–water partition coefficient (Wildman–Crippen LogP) is 4.34. The van der Waals surface area contributed by atoms with Gasteiger partial charge >= 0.3 is 0 Å². The number of rotatable bonds is 4. The summed E-state index contributed by atoms with van der Waals surface area (Å²) in [5, 5.41) is 26.1. The van der Waals surface area contributed by atoms with Crippen LogP contribution in [-0.2, 0) is 0 Å². The molecule has 8 heteroatoms. The number of nitrogens with zero attached hydrogens (tertiary/aromatic N) is 2. The van der Waals surface area contributed by atoms with E-state index in [9.17, 15) is 20.2 Å². The number of non-ortho nitro benzene ring substituents is 1. The number of nitro benzene ring substituents is 2. The molecule has 0 radical (unpaired) electrons. The minimum Gasteiger partial charge on any atom is -0.495 e. The van der Waals surface area contributed by atoms with Crippen LogP contribution >= 0.6 is 0 Å². The second-order valence-corrected chi connectivity index (χ2v) is 6.66. The maximum absolute atomic E-state index is 11.6. The van der Waals surface area contributed by atoms with E-state index in [2.05, 4.69) is 5.32 Å². The van der Waals surface area contributed by atoms with E-state index < -0.39 is 4.92 Å². The number of nitro groups is 2. The molecule has 1 N–H and O–H groups in total. The fraction of sp³-hybridized carbons (Fsp3) is 0.263. The largest absolute Gasteiger partial charge is 0.495 e. The van der Waals surface area contributed by atoms with Crippen LogP contribution in [0.3, 0.4) is 0 Å². The summed E-state index contributed by atoms with van der Waals surface area (Å²) in [4.78, 5) is 21.9. The standard InChI is InChI=1S/C19H17N3O5/c1-27-16-9-8-15(22(25)26)17-13-6-3-7-14(13)18(20-19(16)17)11-4-2-5-12(10-11)21(23)24/h2-6,8-10,13-14,18,20H,7H2,1H3/t13-,14-,18+/m0/s1. The molecule has 0 saturated carbocycles. The Morgan fingerprint density at radius 3 is 2.67 bits per heavy atom. The van der Waals surface area contributed by atoms with Crippen molar-refractivity contribution in [3.05, 3.63) is 79.9 Å². The van der Waals surface area contributed by atoms with Crippen LogP contribution in [0.4, 0.5) is 17.1 Å². The number of hydrogen-bond donors (Lipinski definition) is 1. The third-order valence-corrected chi connectivity index (χ3v) is 5.32. The van der Waals surface area contributed by atoms with Gasteiger partial charge in [-0.15, -0.1) is 0 Å². The molecule has 1 aliphatic carbocycles. The van der Waals surface area contributed by atoms with Crippen molar-refractivity contribution in [1.82, 2.24) is 0 Å². The molecule has 0 unspecified atom stereocenters. The van der Waals surface area contributed by atoms with E-state index >= 15 is 0 Å². The Morgan fingerprint density at radius 2 is 1.96 bits per heavy atom. The summed E-state index contributed by atoms with van der Waals surface area (Å²) >= 11 is 0. The van der Waals surface area contributed by atoms with Gasteiger partial charge < -0.3 is 10.1 Å². The van der Waals surface area contributed by atoms with Gasteiger partial charge in [0.1, 0.15) is 5.75 Å². The molecule has 0 saturated heterocycles. The van der Waals surface area contributed by atoms with Crippen LogP contribution in [0.1, 0.15) is 29.5 Å². The highest BCUT2D eigenvalue weighted by Crippen LogP contribution is 2.55. The number of fused-ring (bicyclic) bond motifs is 3. The Balaban J connectivity index is 1.87. The summed E-state index contributed by atoms with van der Waals surface area (Å²) in [7, 11) is 1.52. The van der Waals surface area contributed by atoms with Crippen molar-refractivity contribution in [3.8, 4) is 5.75 Å². The van der Waals surface area contributed by atoms with Gasteiger partial charge in [-0.1, -0.05) is 24.3 Å². The van der Waals surface area contributed by atoms with Crippen molar-refractivity contribution in [3.63, 3.8) is 0 Å². The van der Waals surface area contributed by atoms with Gasteiger partial charge in [-0.05, 0) is 24.0 Å². The molecule has 0 amide bonds. The molecular formula is C19H17N3O5. The fourth-order valence-corrected chi connectivity index (χ4v) is 4.15. The van der Waals surface area contributed by atoms with Crippen molar-refractivity contribution in [2.24, 2.45) is 5.92 Å². The first-order chi connectivity index (χ1) is 13.0. The monoisotopic (exact) mass is 367 g/mol. The molecule has 0 bridgehead atoms. The first-order valence-electron chi connectivity index (χ1n) is 8.54. The highest BCUT2D eigenvalue weighted by molar-refractivity contribution is 5.73. The summed E-state index contributed by atoms with van der Waals surface area (Å²) in [5.41, 5.74) is 2.05. The summed E-state index contributed by atoms with van der Waals surface area (Å²) in [6, 6.07) is 9.34. The van der Waals surface area contributed by atoms with Gasteiger partial charge in [-0.3, -0.25) is 20.2 Å². The molecule has 138 valence electrons. The molecule has 1 aliphatic heterocycles. The number of allylic oxidation sites excluding steroid dienone is 2. The van der Waals surface area contributed by atoms with Gasteiger partial charge in [0.25, 0.3) is 11.4 Å². The van der Waals surface area contributed by atoms with Crippen molar-refractivity contribution < 1.29 is 14.6 Å². The number of benzene rings is 2. The number of hydrogen-bond acceptors (Lipinski definition) is 6. The average Bonchev–Trinajstić information content (AvgIpc) is 3.16. The minimum atomic E-state index is -0.421. The number of nitrogens with one attached hydrogen (secondary N) is 1. The van der Waals surface area contributed by atoms with Gasteiger partial charge in [0.05, 0.1) is 34.2 Å². The van der Waals surface area contributed by atoms with Gasteiger partial charge in [-0.25, -0.2) is 0 Å². The lowest BCUT2D eigenvalue weighted by atomic mass is 9.76. The summed E-state index contributed by atoms with van der Waals surface area (Å²) < 4.78 is 5.42. The van der Waals surface area contributed by atoms with Crippen molar-refractivity contribution in [2.45, 2.75) is 18.4 Å². The quantitative estimate of drug-likeness (QED) is 0.489. The zero-order valence-corrected chi connectivity index (χ0v) is 14.5. The van der Waals surface area contributed by atoms with E-state index in [1.165, 1.54) is 19.2 Å². The normalized spacial score (nSPS) is 22.5. The van der Waals surface area contributed by atoms with E-state index in [-0.39, 0.29) is 34.2 Å². The van der Waals surface area contributed by atoms with E-state index in [1.807, 2.05) is 18.2 Å². The molecule has 0 aromatic heterocycles. The lowest BCUT2D eigenvalue weighted by molar-refractivity contribution is -0.385. The zero-order valence-electron chi connectivity index (χ0n) is 14.5. The van der Waals surface area contributed by atoms with Gasteiger partial charge in [0, 0.05) is 24.1 Å². The van der Waals surface area contributed by atoms with E-state index in [4.69, 9.17) is 4.74 Å². The van der Waals surface area contributed by atoms with Gasteiger partial charge in [-0.2, -0.15) is 0 Å².